The molecule has 0 aliphatic carbocycles. The van der Waals surface area contributed by atoms with Gasteiger partial charge in [-0.05, 0) is 30.9 Å². The number of piperazine rings is 1. The van der Waals surface area contributed by atoms with E-state index in [0.717, 1.165) is 17.2 Å². The van der Waals surface area contributed by atoms with Gasteiger partial charge in [0.2, 0.25) is 0 Å². The van der Waals surface area contributed by atoms with E-state index in [-0.39, 0.29) is 0 Å². The lowest BCUT2D eigenvalue weighted by Gasteiger charge is -2.43. The fraction of sp³-hybridized carbons (Fsp3) is 1.00. The lowest BCUT2D eigenvalue weighted by molar-refractivity contribution is 0.110. The van der Waals surface area contributed by atoms with Gasteiger partial charge in [0.1, 0.15) is 0 Å². The molecule has 0 spiro atoms. The van der Waals surface area contributed by atoms with E-state index < -0.39 is 0 Å². The van der Waals surface area contributed by atoms with Crippen LogP contribution in [0.15, 0.2) is 0 Å². The van der Waals surface area contributed by atoms with Gasteiger partial charge in [0.25, 0.3) is 0 Å². The molecular formula is C15H30N2S. The van der Waals surface area contributed by atoms with Crippen molar-refractivity contribution < 1.29 is 0 Å². The quantitative estimate of drug-likeness (QED) is 0.845. The van der Waals surface area contributed by atoms with Crippen molar-refractivity contribution in [2.45, 2.75) is 63.8 Å². The van der Waals surface area contributed by atoms with Crippen LogP contribution in [0.3, 0.4) is 0 Å². The topological polar surface area (TPSA) is 15.3 Å². The first kappa shape index (κ1) is 14.7. The molecule has 0 saturated carbocycles. The molecule has 18 heavy (non-hydrogen) atoms. The second-order valence-corrected chi connectivity index (χ2v) is 7.67. The molecule has 0 aromatic carbocycles. The second-order valence-electron chi connectivity index (χ2n) is 6.26. The predicted octanol–water partition coefficient (Wildman–Crippen LogP) is 2.98. The van der Waals surface area contributed by atoms with Crippen molar-refractivity contribution >= 4 is 11.8 Å². The van der Waals surface area contributed by atoms with Gasteiger partial charge >= 0.3 is 0 Å². The van der Waals surface area contributed by atoms with Gasteiger partial charge in [-0.15, -0.1) is 0 Å². The molecule has 3 heteroatoms. The number of hydrogen-bond donors (Lipinski definition) is 1. The minimum absolute atomic E-state index is 0.696. The molecule has 2 rings (SSSR count). The van der Waals surface area contributed by atoms with E-state index in [2.05, 4.69) is 42.7 Å². The maximum Gasteiger partial charge on any atom is 0.0219 e. The molecule has 2 heterocycles. The summed E-state index contributed by atoms with van der Waals surface area (Å²) < 4.78 is 0. The molecule has 106 valence electrons. The summed E-state index contributed by atoms with van der Waals surface area (Å²) in [6.07, 6.45) is 5.62. The highest BCUT2D eigenvalue weighted by molar-refractivity contribution is 7.99. The van der Waals surface area contributed by atoms with Crippen LogP contribution in [0, 0.1) is 5.92 Å². The number of thioether (sulfide) groups is 1. The average Bonchev–Trinajstić information content (AvgIpc) is 2.39. The van der Waals surface area contributed by atoms with Crippen molar-refractivity contribution in [1.29, 1.82) is 0 Å². The summed E-state index contributed by atoms with van der Waals surface area (Å²) in [7, 11) is 0. The zero-order chi connectivity index (χ0) is 13.0. The SMILES string of the molecule is CCC1CNC(C(C)C)CN1CC1CCCCS1. The van der Waals surface area contributed by atoms with Crippen molar-refractivity contribution in [2.75, 3.05) is 25.4 Å². The van der Waals surface area contributed by atoms with Crippen LogP contribution in [-0.4, -0.2) is 47.6 Å². The monoisotopic (exact) mass is 270 g/mol. The Kier molecular flexibility index (Phi) is 5.84. The van der Waals surface area contributed by atoms with Crippen LogP contribution < -0.4 is 5.32 Å². The first-order valence-corrected chi connectivity index (χ1v) is 8.84. The Morgan fingerprint density at radius 3 is 2.78 bits per heavy atom. The van der Waals surface area contributed by atoms with Crippen molar-refractivity contribution in [3.05, 3.63) is 0 Å². The zero-order valence-corrected chi connectivity index (χ0v) is 13.1. The molecule has 1 N–H and O–H groups in total. The third-order valence-electron chi connectivity index (χ3n) is 4.55. The Balaban J connectivity index is 1.88. The maximum atomic E-state index is 3.74. The minimum Gasteiger partial charge on any atom is -0.311 e. The Morgan fingerprint density at radius 2 is 2.17 bits per heavy atom. The van der Waals surface area contributed by atoms with E-state index in [1.165, 1.54) is 51.1 Å². The maximum absolute atomic E-state index is 3.74. The van der Waals surface area contributed by atoms with Gasteiger partial charge in [0.05, 0.1) is 0 Å². The zero-order valence-electron chi connectivity index (χ0n) is 12.3. The Morgan fingerprint density at radius 1 is 1.33 bits per heavy atom. The first-order chi connectivity index (χ1) is 8.70. The standard InChI is InChI=1S/C15H30N2S/c1-4-13-9-16-15(12(2)3)11-17(13)10-14-7-5-6-8-18-14/h12-16H,4-11H2,1-3H3. The number of nitrogens with zero attached hydrogens (tertiary/aromatic N) is 1. The molecule has 0 aromatic rings. The van der Waals surface area contributed by atoms with E-state index in [4.69, 9.17) is 0 Å². The van der Waals surface area contributed by atoms with Crippen molar-refractivity contribution in [1.82, 2.24) is 10.2 Å². The Hall–Kier alpha value is 0.270. The van der Waals surface area contributed by atoms with Crippen molar-refractivity contribution in [2.24, 2.45) is 5.92 Å². The minimum atomic E-state index is 0.696. The molecule has 3 unspecified atom stereocenters. The first-order valence-electron chi connectivity index (χ1n) is 7.79. The van der Waals surface area contributed by atoms with Gasteiger partial charge in [0.15, 0.2) is 0 Å². The van der Waals surface area contributed by atoms with E-state index in [1.807, 2.05) is 0 Å². The van der Waals surface area contributed by atoms with Gasteiger partial charge in [-0.2, -0.15) is 11.8 Å². The summed E-state index contributed by atoms with van der Waals surface area (Å²) in [5.74, 6) is 2.14. The lowest BCUT2D eigenvalue weighted by atomic mass is 9.98. The van der Waals surface area contributed by atoms with E-state index in [0.29, 0.717) is 6.04 Å². The molecule has 2 nitrogen and oxygen atoms in total. The summed E-state index contributed by atoms with van der Waals surface area (Å²) >= 11 is 2.22. The largest absolute Gasteiger partial charge is 0.311 e. The van der Waals surface area contributed by atoms with Crippen LogP contribution in [0.2, 0.25) is 0 Å². The van der Waals surface area contributed by atoms with Crippen molar-refractivity contribution in [3.8, 4) is 0 Å². The summed E-state index contributed by atoms with van der Waals surface area (Å²) in [6.45, 7) is 10.8. The summed E-state index contributed by atoms with van der Waals surface area (Å²) in [5.41, 5.74) is 0. The predicted molar refractivity (Wildman–Crippen MR) is 82.4 cm³/mol. The van der Waals surface area contributed by atoms with Crippen LogP contribution in [0.5, 0.6) is 0 Å². The van der Waals surface area contributed by atoms with Gasteiger partial charge in [-0.1, -0.05) is 27.2 Å². The highest BCUT2D eigenvalue weighted by Gasteiger charge is 2.30. The fourth-order valence-electron chi connectivity index (χ4n) is 3.17. The number of hydrogen-bond acceptors (Lipinski definition) is 3. The summed E-state index contributed by atoms with van der Waals surface area (Å²) in [5, 5.41) is 4.64. The molecule has 2 fully saturated rings. The van der Waals surface area contributed by atoms with Crippen LogP contribution in [0.1, 0.15) is 46.5 Å². The lowest BCUT2D eigenvalue weighted by Crippen LogP contribution is -2.59. The summed E-state index contributed by atoms with van der Waals surface area (Å²) in [6, 6.07) is 1.46. The smallest absolute Gasteiger partial charge is 0.0219 e. The normalized spacial score (nSPS) is 35.0. The molecule has 2 aliphatic heterocycles. The van der Waals surface area contributed by atoms with Crippen LogP contribution in [0.25, 0.3) is 0 Å². The van der Waals surface area contributed by atoms with Crippen LogP contribution in [0.4, 0.5) is 0 Å². The van der Waals surface area contributed by atoms with Gasteiger partial charge < -0.3 is 5.32 Å². The fourth-order valence-corrected chi connectivity index (χ4v) is 4.50. The molecule has 3 atom stereocenters. The van der Waals surface area contributed by atoms with E-state index in [1.54, 1.807) is 0 Å². The van der Waals surface area contributed by atoms with Crippen LogP contribution in [-0.2, 0) is 0 Å². The van der Waals surface area contributed by atoms with Gasteiger partial charge in [-0.25, -0.2) is 0 Å². The third kappa shape index (κ3) is 3.88. The third-order valence-corrected chi connectivity index (χ3v) is 5.93. The molecule has 0 aromatic heterocycles. The van der Waals surface area contributed by atoms with Gasteiger partial charge in [-0.3, -0.25) is 4.90 Å². The summed E-state index contributed by atoms with van der Waals surface area (Å²) in [4.78, 5) is 2.78. The second kappa shape index (κ2) is 7.16. The van der Waals surface area contributed by atoms with E-state index >= 15 is 0 Å². The molecule has 0 radical (unpaired) electrons. The molecular weight excluding hydrogens is 240 g/mol. The molecule has 0 bridgehead atoms. The highest BCUT2D eigenvalue weighted by atomic mass is 32.2. The molecule has 2 saturated heterocycles. The Bertz CT molecular complexity index is 239. The number of rotatable bonds is 4. The number of nitrogens with one attached hydrogen (secondary N) is 1. The average molecular weight is 270 g/mol. The molecule has 2 aliphatic rings. The van der Waals surface area contributed by atoms with Crippen LogP contribution >= 0.6 is 11.8 Å². The molecule has 0 amide bonds. The van der Waals surface area contributed by atoms with Gasteiger partial charge in [0, 0.05) is 37.0 Å². The highest BCUT2D eigenvalue weighted by Crippen LogP contribution is 2.27. The Labute approximate surface area is 117 Å². The van der Waals surface area contributed by atoms with Crippen molar-refractivity contribution in [3.63, 3.8) is 0 Å². The van der Waals surface area contributed by atoms with E-state index in [9.17, 15) is 0 Å².